The molecule has 214 valence electrons. The third-order valence-electron chi connectivity index (χ3n) is 9.17. The molecule has 0 aliphatic carbocycles. The summed E-state index contributed by atoms with van der Waals surface area (Å²) in [6, 6.07) is 22.1. The van der Waals surface area contributed by atoms with Gasteiger partial charge in [-0.25, -0.2) is 0 Å². The van der Waals surface area contributed by atoms with Gasteiger partial charge in [-0.15, -0.1) is 0 Å². The van der Waals surface area contributed by atoms with E-state index >= 15 is 0 Å². The molecule has 0 radical (unpaired) electrons. The number of likely N-dealkylation sites (tertiary alicyclic amines) is 1. The van der Waals surface area contributed by atoms with Gasteiger partial charge in [0.25, 0.3) is 0 Å². The highest BCUT2D eigenvalue weighted by Crippen LogP contribution is 2.63. The number of unbranched alkanes of at least 4 members (excludes halogenated alkanes) is 3. The number of benzene rings is 3. The second-order valence-electron chi connectivity index (χ2n) is 11.8. The molecule has 41 heavy (non-hydrogen) atoms. The largest absolute Gasteiger partial charge is 0.396 e. The van der Waals surface area contributed by atoms with E-state index in [1.54, 1.807) is 4.90 Å². The first-order chi connectivity index (χ1) is 19.9. The zero-order valence-electron chi connectivity index (χ0n) is 23.3. The Morgan fingerprint density at radius 2 is 1.59 bits per heavy atom. The third-order valence-corrected chi connectivity index (χ3v) is 9.17. The van der Waals surface area contributed by atoms with Crippen LogP contribution in [0.2, 0.25) is 0 Å². The second-order valence-corrected chi connectivity index (χ2v) is 11.8. The van der Waals surface area contributed by atoms with Gasteiger partial charge in [0.1, 0.15) is 11.6 Å². The summed E-state index contributed by atoms with van der Waals surface area (Å²) in [5.41, 5.74) is -0.597. The van der Waals surface area contributed by atoms with Gasteiger partial charge in [-0.05, 0) is 67.6 Å². The highest BCUT2D eigenvalue weighted by Gasteiger charge is 2.77. The normalized spacial score (nSPS) is 28.2. The minimum atomic E-state index is -1.07. The van der Waals surface area contributed by atoms with Crippen LogP contribution in [0, 0.1) is 11.8 Å². The summed E-state index contributed by atoms with van der Waals surface area (Å²) in [5.74, 6) is -2.19. The third kappa shape index (κ3) is 4.79. The first-order valence-corrected chi connectivity index (χ1v) is 14.6. The summed E-state index contributed by atoms with van der Waals surface area (Å²) < 4.78 is 6.71. The Balaban J connectivity index is 1.31. The Bertz CT molecular complexity index is 1460. The number of carbonyl (C=O) groups is 3. The molecular weight excluding hydrogens is 518 g/mol. The maximum Gasteiger partial charge on any atom is 0.250 e. The van der Waals surface area contributed by atoms with Crippen LogP contribution in [0.25, 0.3) is 10.8 Å². The molecule has 0 saturated carbocycles. The van der Waals surface area contributed by atoms with E-state index in [-0.39, 0.29) is 24.3 Å². The molecule has 3 aromatic carbocycles. The van der Waals surface area contributed by atoms with E-state index in [2.05, 4.69) is 10.6 Å². The van der Waals surface area contributed by atoms with Crippen molar-refractivity contribution in [3.63, 3.8) is 0 Å². The van der Waals surface area contributed by atoms with E-state index in [9.17, 15) is 14.4 Å². The molecular formula is C33H37N3O5. The number of para-hydroxylation sites is 1. The standard InChI is InChI=1S/C33H37N3O5/c1-32-17-18-33(41-32)27(26(32)29(38)34-24-13-5-4-6-14-24)31(40)36(19-9-2-3-10-20-37)28(33)30(39)35-25-16-15-22-11-7-8-12-23(22)21-25/h4-8,11-16,21,26-28,37H,2-3,9-10,17-20H2,1H3,(H,34,38)(H,35,39)/t26-,27+,28?,32+,33?/m1/s1. The van der Waals surface area contributed by atoms with Crippen molar-refractivity contribution < 1.29 is 24.2 Å². The number of nitrogens with zero attached hydrogens (tertiary/aromatic N) is 1. The van der Waals surface area contributed by atoms with Crippen LogP contribution in [0.3, 0.4) is 0 Å². The Kier molecular flexibility index (Phi) is 7.30. The smallest absolute Gasteiger partial charge is 0.250 e. The summed E-state index contributed by atoms with van der Waals surface area (Å²) >= 11 is 0. The number of aliphatic hydroxyl groups is 1. The number of hydrogen-bond donors (Lipinski definition) is 3. The molecule has 8 nitrogen and oxygen atoms in total. The molecule has 3 aromatic rings. The van der Waals surface area contributed by atoms with Gasteiger partial charge in [-0.2, -0.15) is 0 Å². The molecule has 8 heteroatoms. The van der Waals surface area contributed by atoms with Gasteiger partial charge in [0.15, 0.2) is 0 Å². The average molecular weight is 556 g/mol. The number of amides is 3. The summed E-state index contributed by atoms with van der Waals surface area (Å²) in [4.78, 5) is 43.7. The number of aliphatic hydroxyl groups excluding tert-OH is 1. The lowest BCUT2D eigenvalue weighted by atomic mass is 9.66. The van der Waals surface area contributed by atoms with Crippen LogP contribution in [-0.2, 0) is 19.1 Å². The number of hydrogen-bond acceptors (Lipinski definition) is 5. The minimum absolute atomic E-state index is 0.134. The Hall–Kier alpha value is -3.75. The first-order valence-electron chi connectivity index (χ1n) is 14.6. The van der Waals surface area contributed by atoms with Gasteiger partial charge in [-0.1, -0.05) is 61.4 Å². The van der Waals surface area contributed by atoms with Crippen molar-refractivity contribution >= 4 is 39.9 Å². The summed E-state index contributed by atoms with van der Waals surface area (Å²) in [6.07, 6.45) is 4.21. The van der Waals surface area contributed by atoms with E-state index in [0.29, 0.717) is 43.6 Å². The van der Waals surface area contributed by atoms with Crippen LogP contribution in [0.15, 0.2) is 72.8 Å². The highest BCUT2D eigenvalue weighted by atomic mass is 16.5. The lowest BCUT2D eigenvalue weighted by Crippen LogP contribution is -2.53. The number of ether oxygens (including phenoxy) is 1. The molecule has 3 N–H and O–H groups in total. The molecule has 3 saturated heterocycles. The lowest BCUT2D eigenvalue weighted by molar-refractivity contribution is -0.143. The van der Waals surface area contributed by atoms with Gasteiger partial charge >= 0.3 is 0 Å². The predicted molar refractivity (Wildman–Crippen MR) is 157 cm³/mol. The minimum Gasteiger partial charge on any atom is -0.396 e. The summed E-state index contributed by atoms with van der Waals surface area (Å²) in [7, 11) is 0. The molecule has 1 spiro atoms. The molecule has 3 fully saturated rings. The van der Waals surface area contributed by atoms with Crippen LogP contribution >= 0.6 is 0 Å². The summed E-state index contributed by atoms with van der Waals surface area (Å²) in [6.45, 7) is 2.43. The van der Waals surface area contributed by atoms with Gasteiger partial charge in [0, 0.05) is 24.5 Å². The van der Waals surface area contributed by atoms with Crippen molar-refractivity contribution in [1.82, 2.24) is 4.90 Å². The Labute approximate surface area is 240 Å². The monoisotopic (exact) mass is 555 g/mol. The molecule has 3 aliphatic rings. The second kappa shape index (κ2) is 10.9. The number of nitrogens with one attached hydrogen (secondary N) is 2. The van der Waals surface area contributed by atoms with Gasteiger partial charge in [0.05, 0.1) is 17.4 Å². The van der Waals surface area contributed by atoms with Crippen LogP contribution in [0.4, 0.5) is 11.4 Å². The van der Waals surface area contributed by atoms with E-state index in [4.69, 9.17) is 9.84 Å². The molecule has 3 aliphatic heterocycles. The zero-order chi connectivity index (χ0) is 28.6. The SMILES string of the molecule is C[C@@]12CCC3(O1)C(C(=O)Nc1ccc4ccccc4c1)N(CCCCCCO)C(=O)[C@@H]3[C@@H]2C(=O)Nc1ccccc1. The summed E-state index contributed by atoms with van der Waals surface area (Å²) in [5, 5.41) is 17.3. The lowest BCUT2D eigenvalue weighted by Gasteiger charge is -2.33. The molecule has 2 unspecified atom stereocenters. The number of anilines is 2. The van der Waals surface area contributed by atoms with Crippen molar-refractivity contribution in [2.75, 3.05) is 23.8 Å². The van der Waals surface area contributed by atoms with Gasteiger partial charge in [-0.3, -0.25) is 14.4 Å². The van der Waals surface area contributed by atoms with E-state index < -0.39 is 29.1 Å². The number of fused-ring (bicyclic) bond motifs is 2. The fourth-order valence-electron chi connectivity index (χ4n) is 7.33. The van der Waals surface area contributed by atoms with Crippen LogP contribution in [0.5, 0.6) is 0 Å². The maximum absolute atomic E-state index is 14.2. The highest BCUT2D eigenvalue weighted by molar-refractivity contribution is 6.05. The van der Waals surface area contributed by atoms with Crippen LogP contribution < -0.4 is 10.6 Å². The molecule has 0 aromatic heterocycles. The molecule has 3 amide bonds. The number of carbonyl (C=O) groups excluding carboxylic acids is 3. The Morgan fingerprint density at radius 3 is 2.37 bits per heavy atom. The number of rotatable bonds is 10. The van der Waals surface area contributed by atoms with Crippen LogP contribution in [-0.4, -0.2) is 58.1 Å². The first kappa shape index (κ1) is 27.4. The van der Waals surface area contributed by atoms with Gasteiger partial charge in [0.2, 0.25) is 17.7 Å². The fraction of sp³-hybridized carbons (Fsp3) is 0.424. The van der Waals surface area contributed by atoms with E-state index in [1.807, 2.05) is 79.7 Å². The van der Waals surface area contributed by atoms with E-state index in [0.717, 1.165) is 23.6 Å². The van der Waals surface area contributed by atoms with E-state index in [1.165, 1.54) is 0 Å². The van der Waals surface area contributed by atoms with Crippen molar-refractivity contribution in [2.45, 2.75) is 62.7 Å². The van der Waals surface area contributed by atoms with Crippen LogP contribution in [0.1, 0.15) is 45.4 Å². The quantitative estimate of drug-likeness (QED) is 0.314. The van der Waals surface area contributed by atoms with Crippen molar-refractivity contribution in [3.8, 4) is 0 Å². The maximum atomic E-state index is 14.2. The van der Waals surface area contributed by atoms with Crippen molar-refractivity contribution in [2.24, 2.45) is 11.8 Å². The zero-order valence-corrected chi connectivity index (χ0v) is 23.3. The van der Waals surface area contributed by atoms with Crippen molar-refractivity contribution in [3.05, 3.63) is 72.8 Å². The Morgan fingerprint density at radius 1 is 0.878 bits per heavy atom. The predicted octanol–water partition coefficient (Wildman–Crippen LogP) is 4.73. The average Bonchev–Trinajstić information content (AvgIpc) is 3.54. The van der Waals surface area contributed by atoms with Gasteiger partial charge < -0.3 is 25.4 Å². The molecule has 5 atom stereocenters. The molecule has 2 bridgehead atoms. The topological polar surface area (TPSA) is 108 Å². The molecule has 3 heterocycles. The van der Waals surface area contributed by atoms with Crippen molar-refractivity contribution in [1.29, 1.82) is 0 Å². The fourth-order valence-corrected chi connectivity index (χ4v) is 7.33. The molecule has 6 rings (SSSR count).